The van der Waals surface area contributed by atoms with Gasteiger partial charge in [0.15, 0.2) is 6.61 Å². The van der Waals surface area contributed by atoms with E-state index >= 15 is 0 Å². The molecule has 0 fully saturated rings. The molecule has 0 aliphatic rings. The van der Waals surface area contributed by atoms with E-state index in [0.29, 0.717) is 16.6 Å². The highest BCUT2D eigenvalue weighted by Crippen LogP contribution is 2.29. The van der Waals surface area contributed by atoms with E-state index in [0.717, 1.165) is 15.8 Å². The minimum Gasteiger partial charge on any atom is -0.483 e. The fraction of sp³-hybridized carbons (Fsp3) is 0.235. The first kappa shape index (κ1) is 16.8. The number of hydrogen-bond donors (Lipinski definition) is 1. The third-order valence-electron chi connectivity index (χ3n) is 3.06. The molecule has 2 aromatic carbocycles. The number of anilines is 1. The lowest BCUT2D eigenvalue weighted by Gasteiger charge is -2.14. The van der Waals surface area contributed by atoms with E-state index < -0.39 is 0 Å². The van der Waals surface area contributed by atoms with E-state index in [2.05, 4.69) is 35.1 Å². The molecule has 0 bridgehead atoms. The smallest absolute Gasteiger partial charge is 0.262 e. The van der Waals surface area contributed by atoms with Gasteiger partial charge in [0, 0.05) is 15.2 Å². The zero-order chi connectivity index (χ0) is 16.1. The third-order valence-corrected chi connectivity index (χ3v) is 3.79. The Hall–Kier alpha value is -1.52. The van der Waals surface area contributed by atoms with Gasteiger partial charge in [0.25, 0.3) is 5.91 Å². The topological polar surface area (TPSA) is 38.3 Å². The first-order chi connectivity index (χ1) is 10.5. The van der Waals surface area contributed by atoms with Crippen molar-refractivity contribution in [2.75, 3.05) is 11.9 Å². The Morgan fingerprint density at radius 2 is 2.05 bits per heavy atom. The largest absolute Gasteiger partial charge is 0.483 e. The van der Waals surface area contributed by atoms with Gasteiger partial charge in [0.2, 0.25) is 0 Å². The average molecular weight is 383 g/mol. The van der Waals surface area contributed by atoms with Gasteiger partial charge in [0.05, 0.1) is 0 Å². The van der Waals surface area contributed by atoms with Crippen molar-refractivity contribution in [1.82, 2.24) is 0 Å². The van der Waals surface area contributed by atoms with Gasteiger partial charge in [-0.15, -0.1) is 0 Å². The second kappa shape index (κ2) is 7.65. The van der Waals surface area contributed by atoms with Crippen LogP contribution in [0.1, 0.15) is 25.3 Å². The second-order valence-corrected chi connectivity index (χ2v) is 6.54. The highest BCUT2D eigenvalue weighted by molar-refractivity contribution is 9.10. The number of amides is 1. The summed E-state index contributed by atoms with van der Waals surface area (Å²) in [5.74, 6) is 0.808. The van der Waals surface area contributed by atoms with E-state index in [1.807, 2.05) is 18.2 Å². The minimum absolute atomic E-state index is 0.0478. The lowest BCUT2D eigenvalue weighted by molar-refractivity contribution is -0.118. The predicted molar refractivity (Wildman–Crippen MR) is 93.8 cm³/mol. The molecule has 0 aliphatic carbocycles. The number of ether oxygens (including phenoxy) is 1. The first-order valence-corrected chi connectivity index (χ1v) is 8.10. The van der Waals surface area contributed by atoms with E-state index in [1.54, 1.807) is 24.3 Å². The minimum atomic E-state index is -0.222. The summed E-state index contributed by atoms with van der Waals surface area (Å²) in [5.41, 5.74) is 1.71. The lowest BCUT2D eigenvalue weighted by atomic mass is 10.0. The quantitative estimate of drug-likeness (QED) is 0.767. The SMILES string of the molecule is CC(C)c1cc(Br)ccc1OCC(=O)Nc1cccc(Cl)c1. The van der Waals surface area contributed by atoms with Crippen LogP contribution in [0.4, 0.5) is 5.69 Å². The summed E-state index contributed by atoms with van der Waals surface area (Å²) in [6.07, 6.45) is 0. The van der Waals surface area contributed by atoms with Crippen molar-refractivity contribution in [3.8, 4) is 5.75 Å². The fourth-order valence-corrected chi connectivity index (χ4v) is 2.58. The molecule has 0 aliphatic heterocycles. The standard InChI is InChI=1S/C17H17BrClNO2/c1-11(2)15-8-12(18)6-7-16(15)22-10-17(21)20-14-5-3-4-13(19)9-14/h3-9,11H,10H2,1-2H3,(H,20,21). The molecule has 0 unspecified atom stereocenters. The molecule has 1 N–H and O–H groups in total. The number of carbonyl (C=O) groups excluding carboxylic acids is 1. The Morgan fingerprint density at radius 3 is 2.73 bits per heavy atom. The maximum absolute atomic E-state index is 12.0. The summed E-state index contributed by atoms with van der Waals surface area (Å²) in [6, 6.07) is 12.8. The summed E-state index contributed by atoms with van der Waals surface area (Å²) in [4.78, 5) is 12.0. The zero-order valence-corrected chi connectivity index (χ0v) is 14.7. The molecular formula is C17H17BrClNO2. The Morgan fingerprint density at radius 1 is 1.27 bits per heavy atom. The van der Waals surface area contributed by atoms with Crippen LogP contribution in [0.15, 0.2) is 46.9 Å². The lowest BCUT2D eigenvalue weighted by Crippen LogP contribution is -2.20. The van der Waals surface area contributed by atoms with Gasteiger partial charge in [-0.3, -0.25) is 4.79 Å². The second-order valence-electron chi connectivity index (χ2n) is 5.18. The molecule has 0 radical (unpaired) electrons. The molecule has 2 rings (SSSR count). The summed E-state index contributed by atoms with van der Waals surface area (Å²) < 4.78 is 6.64. The van der Waals surface area contributed by atoms with Crippen LogP contribution in [-0.2, 0) is 4.79 Å². The summed E-state index contributed by atoms with van der Waals surface area (Å²) in [7, 11) is 0. The number of halogens is 2. The van der Waals surface area contributed by atoms with Crippen molar-refractivity contribution < 1.29 is 9.53 Å². The van der Waals surface area contributed by atoms with Crippen LogP contribution in [0.3, 0.4) is 0 Å². The van der Waals surface area contributed by atoms with Crippen LogP contribution in [0.2, 0.25) is 5.02 Å². The highest BCUT2D eigenvalue weighted by atomic mass is 79.9. The van der Waals surface area contributed by atoms with Crippen molar-refractivity contribution >= 4 is 39.1 Å². The van der Waals surface area contributed by atoms with E-state index in [1.165, 1.54) is 0 Å². The Balaban J connectivity index is 1.99. The third kappa shape index (κ3) is 4.75. The average Bonchev–Trinajstić information content (AvgIpc) is 2.45. The molecule has 5 heteroatoms. The van der Waals surface area contributed by atoms with Gasteiger partial charge >= 0.3 is 0 Å². The van der Waals surface area contributed by atoms with Gasteiger partial charge in [-0.2, -0.15) is 0 Å². The molecule has 0 saturated carbocycles. The van der Waals surface area contributed by atoms with E-state index in [4.69, 9.17) is 16.3 Å². The van der Waals surface area contributed by atoms with Crippen LogP contribution >= 0.6 is 27.5 Å². The zero-order valence-electron chi connectivity index (χ0n) is 12.4. The van der Waals surface area contributed by atoms with E-state index in [9.17, 15) is 4.79 Å². The van der Waals surface area contributed by atoms with Crippen LogP contribution < -0.4 is 10.1 Å². The maximum Gasteiger partial charge on any atom is 0.262 e. The summed E-state index contributed by atoms with van der Waals surface area (Å²) in [5, 5.41) is 3.33. The molecule has 116 valence electrons. The molecule has 2 aromatic rings. The van der Waals surface area contributed by atoms with Crippen LogP contribution in [0.5, 0.6) is 5.75 Å². The number of hydrogen-bond acceptors (Lipinski definition) is 2. The summed E-state index contributed by atoms with van der Waals surface area (Å²) >= 11 is 9.33. The monoisotopic (exact) mass is 381 g/mol. The number of carbonyl (C=O) groups is 1. The molecule has 0 heterocycles. The highest BCUT2D eigenvalue weighted by Gasteiger charge is 2.11. The predicted octanol–water partition coefficient (Wildman–Crippen LogP) is 5.24. The fourth-order valence-electron chi connectivity index (χ4n) is 2.01. The molecule has 0 aromatic heterocycles. The van der Waals surface area contributed by atoms with Crippen molar-refractivity contribution in [2.45, 2.75) is 19.8 Å². The van der Waals surface area contributed by atoms with Gasteiger partial charge in [0.1, 0.15) is 5.75 Å². The van der Waals surface area contributed by atoms with Gasteiger partial charge < -0.3 is 10.1 Å². The van der Waals surface area contributed by atoms with Crippen molar-refractivity contribution in [1.29, 1.82) is 0 Å². The van der Waals surface area contributed by atoms with Crippen molar-refractivity contribution in [2.24, 2.45) is 0 Å². The van der Waals surface area contributed by atoms with Gasteiger partial charge in [-0.1, -0.05) is 47.4 Å². The Bertz CT molecular complexity index is 673. The normalized spacial score (nSPS) is 10.6. The molecule has 0 spiro atoms. The van der Waals surface area contributed by atoms with Crippen molar-refractivity contribution in [3.05, 3.63) is 57.5 Å². The molecule has 3 nitrogen and oxygen atoms in total. The molecule has 22 heavy (non-hydrogen) atoms. The summed E-state index contributed by atoms with van der Waals surface area (Å²) in [6.45, 7) is 4.12. The first-order valence-electron chi connectivity index (χ1n) is 6.93. The van der Waals surface area contributed by atoms with Crippen LogP contribution in [0.25, 0.3) is 0 Å². The van der Waals surface area contributed by atoms with E-state index in [-0.39, 0.29) is 12.5 Å². The Labute approximate surface area is 143 Å². The van der Waals surface area contributed by atoms with Gasteiger partial charge in [-0.05, 0) is 47.9 Å². The van der Waals surface area contributed by atoms with Gasteiger partial charge in [-0.25, -0.2) is 0 Å². The maximum atomic E-state index is 12.0. The molecule has 0 atom stereocenters. The molecule has 0 saturated heterocycles. The van der Waals surface area contributed by atoms with Crippen LogP contribution in [0, 0.1) is 0 Å². The molecular weight excluding hydrogens is 366 g/mol. The number of benzene rings is 2. The van der Waals surface area contributed by atoms with Crippen molar-refractivity contribution in [3.63, 3.8) is 0 Å². The van der Waals surface area contributed by atoms with Crippen LogP contribution in [-0.4, -0.2) is 12.5 Å². The molecule has 1 amide bonds. The number of nitrogens with one attached hydrogen (secondary N) is 1. The Kier molecular flexibility index (Phi) is 5.86. The number of rotatable bonds is 5.